The predicted molar refractivity (Wildman–Crippen MR) is 229 cm³/mol. The van der Waals surface area contributed by atoms with Crippen molar-refractivity contribution in [2.45, 2.75) is 6.16 Å². The Bertz CT molecular complexity index is 2460. The van der Waals surface area contributed by atoms with Gasteiger partial charge in [-0.05, 0) is 72.8 Å². The maximum atomic E-state index is 12.0. The summed E-state index contributed by atoms with van der Waals surface area (Å²) in [4.78, 5) is 32.1. The van der Waals surface area contributed by atoms with E-state index < -0.39 is 12.2 Å². The fourth-order valence-corrected chi connectivity index (χ4v) is 10.8. The highest BCUT2D eigenvalue weighted by molar-refractivity contribution is 7.95. The monoisotopic (exact) mass is 866 g/mol. The lowest BCUT2D eigenvalue weighted by atomic mass is 10.1. The molecule has 1 aliphatic rings. The molecule has 0 spiro atoms. The third-order valence-electron chi connectivity index (χ3n) is 9.34. The second-order valence-corrected chi connectivity index (χ2v) is 16.3. The van der Waals surface area contributed by atoms with Crippen LogP contribution in [0.1, 0.15) is 27.0 Å². The lowest BCUT2D eigenvalue weighted by molar-refractivity contribution is -0.896. The average molecular weight is 868 g/mol. The molecule has 0 amide bonds. The minimum absolute atomic E-state index is 0. The molecule has 294 valence electrons. The Kier molecular flexibility index (Phi) is 14.8. The number of rotatable bonds is 8. The number of fused-ring (bicyclic) bond motifs is 2. The smallest absolute Gasteiger partial charge is 0.294 e. The maximum Gasteiger partial charge on any atom is 0.294 e. The van der Waals surface area contributed by atoms with Gasteiger partial charge in [0.15, 0.2) is 6.29 Å². The van der Waals surface area contributed by atoms with Crippen LogP contribution in [0.4, 0.5) is 22.7 Å². The van der Waals surface area contributed by atoms with Crippen molar-refractivity contribution in [3.8, 4) is 0 Å². The summed E-state index contributed by atoms with van der Waals surface area (Å²) in [5.74, 6) is 0. The molecule has 0 atom stereocenters. The van der Waals surface area contributed by atoms with Crippen LogP contribution in [0.2, 0.25) is 0 Å². The van der Waals surface area contributed by atoms with Crippen LogP contribution < -0.4 is 32.9 Å². The number of hydrogen-bond donors (Lipinski definition) is 0. The molecule has 11 nitrogen and oxygen atoms in total. The minimum Gasteiger partial charge on any atom is -1.00 e. The SMILES string of the molecule is O=Cc1ccccc1[N+](=O)[O-].O=[N+]([O-])c1ccccc1C[P+](c1ccccc1)(c1ccccc1)c1ccccc1.[Br-].[O-]/[N+]1=[N+](\[O-])c2ccccc2/C=C\c2ccccc21. The molecule has 59 heavy (non-hydrogen) atoms. The summed E-state index contributed by atoms with van der Waals surface area (Å²) in [6.45, 7) is 0. The molecular weight excluding hydrogens is 831 g/mol. The molecule has 0 N–H and O–H groups in total. The number of carbonyl (C=O) groups excluding carboxylic acids is 1. The highest BCUT2D eigenvalue weighted by atomic mass is 79.9. The second-order valence-electron chi connectivity index (χ2n) is 12.8. The van der Waals surface area contributed by atoms with Gasteiger partial charge in [-0.3, -0.25) is 25.0 Å². The van der Waals surface area contributed by atoms with E-state index in [4.69, 9.17) is 0 Å². The van der Waals surface area contributed by atoms with E-state index in [1.54, 1.807) is 54.6 Å². The van der Waals surface area contributed by atoms with Gasteiger partial charge < -0.3 is 27.4 Å². The van der Waals surface area contributed by atoms with Gasteiger partial charge in [0, 0.05) is 24.3 Å². The quantitative estimate of drug-likeness (QED) is 0.0394. The molecule has 0 saturated heterocycles. The summed E-state index contributed by atoms with van der Waals surface area (Å²) in [5, 5.41) is 49.7. The zero-order chi connectivity index (χ0) is 40.9. The van der Waals surface area contributed by atoms with Crippen LogP contribution >= 0.6 is 7.26 Å². The largest absolute Gasteiger partial charge is 1.00 e. The van der Waals surface area contributed by atoms with Crippen LogP contribution in [0.15, 0.2) is 188 Å². The number of nitro groups is 2. The molecule has 0 unspecified atom stereocenters. The van der Waals surface area contributed by atoms with Gasteiger partial charge >= 0.3 is 0 Å². The van der Waals surface area contributed by atoms with Gasteiger partial charge in [0.25, 0.3) is 22.7 Å². The number of azo groups is 1. The van der Waals surface area contributed by atoms with Crippen molar-refractivity contribution >= 4 is 64.4 Å². The molecule has 1 heterocycles. The summed E-state index contributed by atoms with van der Waals surface area (Å²) in [6.07, 6.45) is 4.75. The number of carbonyl (C=O) groups is 1. The Morgan fingerprint density at radius 1 is 0.475 bits per heavy atom. The number of para-hydroxylation sites is 4. The number of halogens is 1. The van der Waals surface area contributed by atoms with Gasteiger partial charge in [-0.1, -0.05) is 103 Å². The minimum atomic E-state index is -2.15. The zero-order valence-corrected chi connectivity index (χ0v) is 33.8. The average Bonchev–Trinajstić information content (AvgIpc) is 3.28. The van der Waals surface area contributed by atoms with E-state index in [9.17, 15) is 35.4 Å². The number of aldehydes is 1. The first-order chi connectivity index (χ1) is 28.2. The Hall–Kier alpha value is -7.14. The van der Waals surface area contributed by atoms with Gasteiger partial charge in [0.2, 0.25) is 0 Å². The number of nitro benzene ring substituents is 2. The van der Waals surface area contributed by atoms with Gasteiger partial charge in [0.1, 0.15) is 29.3 Å². The summed E-state index contributed by atoms with van der Waals surface area (Å²) >= 11 is 0. The first-order valence-electron chi connectivity index (χ1n) is 18.0. The van der Waals surface area contributed by atoms with Crippen molar-refractivity contribution in [3.05, 3.63) is 241 Å². The molecule has 0 bridgehead atoms. The van der Waals surface area contributed by atoms with Crippen LogP contribution in [0.25, 0.3) is 12.2 Å². The summed E-state index contributed by atoms with van der Waals surface area (Å²) < 4.78 is 0. The van der Waals surface area contributed by atoms with Crippen LogP contribution in [0.5, 0.6) is 0 Å². The van der Waals surface area contributed by atoms with Gasteiger partial charge in [-0.15, -0.1) is 0 Å². The van der Waals surface area contributed by atoms with E-state index >= 15 is 0 Å². The maximum absolute atomic E-state index is 12.0. The summed E-state index contributed by atoms with van der Waals surface area (Å²) in [5.41, 5.74) is 3.05. The highest BCUT2D eigenvalue weighted by Crippen LogP contribution is 2.58. The fourth-order valence-electron chi connectivity index (χ4n) is 6.58. The summed E-state index contributed by atoms with van der Waals surface area (Å²) in [6, 6.07) is 58.2. The second kappa shape index (κ2) is 20.3. The van der Waals surface area contributed by atoms with E-state index in [1.165, 1.54) is 34.1 Å². The molecule has 7 aromatic carbocycles. The molecule has 8 rings (SSSR count). The summed E-state index contributed by atoms with van der Waals surface area (Å²) in [7, 11) is -2.15. The van der Waals surface area contributed by atoms with E-state index in [1.807, 2.05) is 54.6 Å². The number of nitrogens with zero attached hydrogens (tertiary/aromatic N) is 4. The third kappa shape index (κ3) is 9.88. The first kappa shape index (κ1) is 43.0. The van der Waals surface area contributed by atoms with Crippen LogP contribution in [0.3, 0.4) is 0 Å². The Morgan fingerprint density at radius 3 is 1.24 bits per heavy atom. The van der Waals surface area contributed by atoms with Crippen molar-refractivity contribution < 1.29 is 41.3 Å². The molecule has 13 heteroatoms. The molecule has 7 aromatic rings. The first-order valence-corrected chi connectivity index (χ1v) is 20.0. The topological polar surface area (TPSA) is 155 Å². The van der Waals surface area contributed by atoms with Crippen molar-refractivity contribution in [3.63, 3.8) is 0 Å². The van der Waals surface area contributed by atoms with Crippen LogP contribution in [-0.4, -0.2) is 25.9 Å². The molecule has 1 aliphatic heterocycles. The van der Waals surface area contributed by atoms with Gasteiger partial charge in [-0.2, -0.15) is 0 Å². The van der Waals surface area contributed by atoms with E-state index in [0.717, 1.165) is 16.7 Å². The van der Waals surface area contributed by atoms with E-state index in [-0.39, 0.29) is 38.8 Å². The predicted octanol–water partition coefficient (Wildman–Crippen LogP) is 7.11. The Labute approximate surface area is 351 Å². The number of hydrogen-bond acceptors (Lipinski definition) is 7. The molecule has 0 saturated carbocycles. The van der Waals surface area contributed by atoms with Gasteiger partial charge in [0.05, 0.1) is 41.8 Å². The lowest BCUT2D eigenvalue weighted by Crippen LogP contribution is -3.00. The van der Waals surface area contributed by atoms with Crippen molar-refractivity contribution in [2.24, 2.45) is 0 Å². The molecular formula is C46H36BrN4O7P. The Morgan fingerprint density at radius 2 is 0.831 bits per heavy atom. The molecule has 0 radical (unpaired) electrons. The fraction of sp³-hybridized carbons (Fsp3) is 0.0217. The van der Waals surface area contributed by atoms with E-state index in [2.05, 4.69) is 72.8 Å². The van der Waals surface area contributed by atoms with Crippen molar-refractivity contribution in [1.29, 1.82) is 0 Å². The van der Waals surface area contributed by atoms with Crippen molar-refractivity contribution in [2.75, 3.05) is 0 Å². The van der Waals surface area contributed by atoms with Crippen molar-refractivity contribution in [1.82, 2.24) is 0 Å². The molecule has 0 fully saturated rings. The normalized spacial score (nSPS) is 13.1. The van der Waals surface area contributed by atoms with Crippen LogP contribution in [0, 0.1) is 30.6 Å². The van der Waals surface area contributed by atoms with E-state index in [0.29, 0.717) is 33.5 Å². The Balaban J connectivity index is 0.000000187. The zero-order valence-electron chi connectivity index (χ0n) is 31.3. The third-order valence-corrected chi connectivity index (χ3v) is 13.7. The molecule has 0 aromatic heterocycles. The standard InChI is InChI=1S/C25H21NO2P.C14H10N2O2.C7H5NO3.BrH/c27-26(28)25-19-11-10-12-21(25)20-29(22-13-4-1-5-14-22,23-15-6-2-7-16-23)24-17-8-3-9-18-24;17-15-13-7-3-1-5-11(13)9-10-12-6-2-4-8-14(12)16(15)18;9-5-6-3-1-2-4-7(6)8(10)11;/h1-19H,20H2;1-10H;1-5H;1H/q+1;;;/p-1/b;10-9-,11-9?,12-10?;;. The van der Waals surface area contributed by atoms with Gasteiger partial charge in [-0.25, -0.2) is 0 Å². The molecule has 0 aliphatic carbocycles. The number of benzene rings is 7. The highest BCUT2D eigenvalue weighted by Gasteiger charge is 2.46. The lowest BCUT2D eigenvalue weighted by Gasteiger charge is -2.27. The van der Waals surface area contributed by atoms with Crippen LogP contribution in [-0.2, 0) is 6.16 Å².